The first-order valence-corrected chi connectivity index (χ1v) is 11.0. The molecule has 2 fully saturated rings. The van der Waals surface area contributed by atoms with E-state index in [0.29, 0.717) is 23.9 Å². The van der Waals surface area contributed by atoms with Gasteiger partial charge in [0, 0.05) is 23.3 Å². The molecule has 1 saturated carbocycles. The third-order valence-electron chi connectivity index (χ3n) is 6.11. The molecule has 2 aromatic rings. The number of piperidine rings is 1. The fourth-order valence-corrected chi connectivity index (χ4v) is 4.33. The molecule has 31 heavy (non-hydrogen) atoms. The van der Waals surface area contributed by atoms with E-state index in [1.165, 1.54) is 5.56 Å². The van der Waals surface area contributed by atoms with Gasteiger partial charge in [0.25, 0.3) is 0 Å². The van der Waals surface area contributed by atoms with Gasteiger partial charge in [0.05, 0.1) is 0 Å². The van der Waals surface area contributed by atoms with E-state index < -0.39 is 17.9 Å². The van der Waals surface area contributed by atoms with E-state index >= 15 is 0 Å². The van der Waals surface area contributed by atoms with Crippen molar-refractivity contribution in [2.24, 2.45) is 0 Å². The number of hydrogen-bond acceptors (Lipinski definition) is 3. The summed E-state index contributed by atoms with van der Waals surface area (Å²) >= 11 is 5.92. The van der Waals surface area contributed by atoms with Gasteiger partial charge in [0.1, 0.15) is 6.04 Å². The highest BCUT2D eigenvalue weighted by atomic mass is 35.5. The molecule has 1 aliphatic heterocycles. The molecule has 2 aromatic carbocycles. The number of halogens is 1. The van der Waals surface area contributed by atoms with E-state index in [1.807, 2.05) is 55.5 Å². The first-order valence-electron chi connectivity index (χ1n) is 10.7. The van der Waals surface area contributed by atoms with Crippen LogP contribution in [0.1, 0.15) is 42.7 Å². The molecule has 1 aliphatic carbocycles. The zero-order valence-electron chi connectivity index (χ0n) is 17.4. The van der Waals surface area contributed by atoms with Crippen LogP contribution >= 0.6 is 11.6 Å². The fraction of sp³-hybridized carbons (Fsp3) is 0.375. The third kappa shape index (κ3) is 4.90. The molecular weight excluding hydrogens is 414 g/mol. The highest BCUT2D eigenvalue weighted by Gasteiger charge is 2.35. The lowest BCUT2D eigenvalue weighted by Gasteiger charge is -2.36. The fourth-order valence-electron chi connectivity index (χ4n) is 4.21. The van der Waals surface area contributed by atoms with Crippen molar-refractivity contribution < 1.29 is 14.4 Å². The number of aryl methyl sites for hydroxylation is 1. The number of carbonyl (C=O) groups is 3. The van der Waals surface area contributed by atoms with Gasteiger partial charge in [-0.2, -0.15) is 0 Å². The number of hydrogen-bond donors (Lipinski definition) is 2. The molecule has 3 amide bonds. The average Bonchev–Trinajstić information content (AvgIpc) is 2.73. The molecule has 0 aromatic heterocycles. The topological polar surface area (TPSA) is 78.5 Å². The Bertz CT molecular complexity index is 969. The van der Waals surface area contributed by atoms with Gasteiger partial charge < -0.3 is 15.5 Å². The van der Waals surface area contributed by atoms with E-state index in [0.717, 1.165) is 30.5 Å². The van der Waals surface area contributed by atoms with Crippen LogP contribution in [-0.2, 0) is 14.4 Å². The normalized spacial score (nSPS) is 23.1. The number of nitrogens with one attached hydrogen (secondary N) is 2. The van der Waals surface area contributed by atoms with E-state index in [1.54, 1.807) is 4.90 Å². The van der Waals surface area contributed by atoms with E-state index in [2.05, 4.69) is 10.6 Å². The number of nitrogens with zero attached hydrogens (tertiary/aromatic N) is 1. The number of benzene rings is 2. The van der Waals surface area contributed by atoms with E-state index in [9.17, 15) is 14.4 Å². The van der Waals surface area contributed by atoms with Gasteiger partial charge in [0.15, 0.2) is 0 Å². The Hall–Kier alpha value is -2.86. The van der Waals surface area contributed by atoms with Crippen LogP contribution in [0.4, 0.5) is 5.69 Å². The largest absolute Gasteiger partial charge is 0.345 e. The van der Waals surface area contributed by atoms with Gasteiger partial charge >= 0.3 is 11.8 Å². The highest BCUT2D eigenvalue weighted by molar-refractivity contribution is 6.35. The molecule has 1 heterocycles. The standard InChI is InChI=1S/C24H26ClN3O3/c1-15-4-10-20(11-5-15)28-12-2-3-21(24(28)31)27-23(30)22(29)26-19-13-17(14-19)16-6-8-18(25)9-7-16/h4-11,17,19,21H,2-3,12-14H2,1H3,(H,26,29)(H,27,30). The molecule has 7 heteroatoms. The minimum absolute atomic E-state index is 0.0370. The van der Waals surface area contributed by atoms with Crippen LogP contribution in [0.15, 0.2) is 48.5 Å². The van der Waals surface area contributed by atoms with Crippen molar-refractivity contribution in [3.63, 3.8) is 0 Å². The van der Waals surface area contributed by atoms with Crippen LogP contribution in [0.3, 0.4) is 0 Å². The summed E-state index contributed by atoms with van der Waals surface area (Å²) in [5.74, 6) is -1.25. The summed E-state index contributed by atoms with van der Waals surface area (Å²) in [6.07, 6.45) is 2.86. The summed E-state index contributed by atoms with van der Waals surface area (Å²) in [6, 6.07) is 14.7. The molecule has 0 bridgehead atoms. The maximum absolute atomic E-state index is 12.9. The van der Waals surface area contributed by atoms with Gasteiger partial charge in [-0.25, -0.2) is 0 Å². The van der Waals surface area contributed by atoms with Gasteiger partial charge in [-0.3, -0.25) is 14.4 Å². The van der Waals surface area contributed by atoms with Crippen LogP contribution in [-0.4, -0.2) is 36.3 Å². The summed E-state index contributed by atoms with van der Waals surface area (Å²) in [6.45, 7) is 2.60. The van der Waals surface area contributed by atoms with Crippen molar-refractivity contribution in [2.45, 2.75) is 50.6 Å². The summed E-state index contributed by atoms with van der Waals surface area (Å²) in [5.41, 5.74) is 3.11. The van der Waals surface area contributed by atoms with Crippen LogP contribution in [0, 0.1) is 6.92 Å². The van der Waals surface area contributed by atoms with E-state index in [4.69, 9.17) is 11.6 Å². The SMILES string of the molecule is Cc1ccc(N2CCCC(NC(=O)C(=O)NC3CC(c4ccc(Cl)cc4)C3)C2=O)cc1. The van der Waals surface area contributed by atoms with Gasteiger partial charge in [0.2, 0.25) is 5.91 Å². The molecule has 0 radical (unpaired) electrons. The molecule has 2 aliphatic rings. The van der Waals surface area contributed by atoms with Gasteiger partial charge in [-0.1, -0.05) is 41.4 Å². The summed E-state index contributed by atoms with van der Waals surface area (Å²) in [4.78, 5) is 39.3. The lowest BCUT2D eigenvalue weighted by atomic mass is 9.76. The molecule has 1 atom stereocenters. The Kier molecular flexibility index (Phi) is 6.28. The predicted molar refractivity (Wildman–Crippen MR) is 120 cm³/mol. The van der Waals surface area contributed by atoms with Crippen LogP contribution in [0.2, 0.25) is 5.02 Å². The minimum atomic E-state index is -0.751. The Morgan fingerprint density at radius 1 is 0.968 bits per heavy atom. The zero-order valence-corrected chi connectivity index (χ0v) is 18.2. The second-order valence-corrected chi connectivity index (χ2v) is 8.82. The van der Waals surface area contributed by atoms with Crippen molar-refractivity contribution >= 4 is 35.0 Å². The Labute approximate surface area is 187 Å². The maximum atomic E-state index is 12.9. The quantitative estimate of drug-likeness (QED) is 0.717. The number of amides is 3. The number of anilines is 1. The Morgan fingerprint density at radius 2 is 1.61 bits per heavy atom. The van der Waals surface area contributed by atoms with Crippen molar-refractivity contribution in [3.05, 3.63) is 64.7 Å². The molecule has 1 saturated heterocycles. The number of carbonyl (C=O) groups excluding carboxylic acids is 3. The molecular formula is C24H26ClN3O3. The summed E-state index contributed by atoms with van der Waals surface area (Å²) < 4.78 is 0. The van der Waals surface area contributed by atoms with Crippen LogP contribution < -0.4 is 15.5 Å². The Balaban J connectivity index is 1.27. The Morgan fingerprint density at radius 3 is 2.29 bits per heavy atom. The van der Waals surface area contributed by atoms with Gasteiger partial charge in [-0.05, 0) is 68.4 Å². The van der Waals surface area contributed by atoms with Crippen molar-refractivity contribution in [3.8, 4) is 0 Å². The first-order chi connectivity index (χ1) is 14.9. The second kappa shape index (κ2) is 9.10. The maximum Gasteiger partial charge on any atom is 0.309 e. The van der Waals surface area contributed by atoms with Crippen LogP contribution in [0.5, 0.6) is 0 Å². The van der Waals surface area contributed by atoms with Crippen molar-refractivity contribution in [1.29, 1.82) is 0 Å². The number of rotatable bonds is 4. The average molecular weight is 440 g/mol. The summed E-state index contributed by atoms with van der Waals surface area (Å²) in [7, 11) is 0. The van der Waals surface area contributed by atoms with E-state index in [-0.39, 0.29) is 11.9 Å². The van der Waals surface area contributed by atoms with Gasteiger partial charge in [-0.15, -0.1) is 0 Å². The predicted octanol–water partition coefficient (Wildman–Crippen LogP) is 3.32. The highest BCUT2D eigenvalue weighted by Crippen LogP contribution is 2.37. The molecule has 2 N–H and O–H groups in total. The van der Waals surface area contributed by atoms with Crippen molar-refractivity contribution in [2.75, 3.05) is 11.4 Å². The second-order valence-electron chi connectivity index (χ2n) is 8.38. The van der Waals surface area contributed by atoms with Crippen LogP contribution in [0.25, 0.3) is 0 Å². The summed E-state index contributed by atoms with van der Waals surface area (Å²) in [5, 5.41) is 6.10. The molecule has 162 valence electrons. The molecule has 6 nitrogen and oxygen atoms in total. The smallest absolute Gasteiger partial charge is 0.309 e. The first kappa shape index (κ1) is 21.4. The lowest BCUT2D eigenvalue weighted by molar-refractivity contribution is -0.141. The lowest BCUT2D eigenvalue weighted by Crippen LogP contribution is -2.56. The molecule has 0 spiro atoms. The third-order valence-corrected chi connectivity index (χ3v) is 6.36. The van der Waals surface area contributed by atoms with Crippen molar-refractivity contribution in [1.82, 2.24) is 10.6 Å². The molecule has 4 rings (SSSR count). The molecule has 1 unspecified atom stereocenters. The minimum Gasteiger partial charge on any atom is -0.345 e. The zero-order chi connectivity index (χ0) is 22.0. The monoisotopic (exact) mass is 439 g/mol.